The molecule has 0 aliphatic carbocycles. The number of unbranched alkanes of at least 4 members (excludes halogenated alkanes) is 7. The Hall–Kier alpha value is -1.96. The lowest BCUT2D eigenvalue weighted by molar-refractivity contribution is -0.121. The maximum absolute atomic E-state index is 11.8. The van der Waals surface area contributed by atoms with E-state index in [1.807, 2.05) is 0 Å². The molecule has 194 valence electrons. The van der Waals surface area contributed by atoms with E-state index in [0.717, 1.165) is 25.8 Å². The molecule has 3 rings (SSSR count). The Kier molecular flexibility index (Phi) is 14.7. The third-order valence-corrected chi connectivity index (χ3v) is 11.4. The number of benzene rings is 3. The zero-order valence-corrected chi connectivity index (χ0v) is 24.4. The summed E-state index contributed by atoms with van der Waals surface area (Å²) >= 11 is 0. The molecule has 0 spiro atoms. The second-order valence-corrected chi connectivity index (χ2v) is 13.1. The van der Waals surface area contributed by atoms with Gasteiger partial charge in [-0.25, -0.2) is 0 Å². The summed E-state index contributed by atoms with van der Waals surface area (Å²) in [6.07, 6.45) is 12.5. The number of amides is 1. The number of hydrogen-bond acceptors (Lipinski definition) is 1. The summed E-state index contributed by atoms with van der Waals surface area (Å²) in [6, 6.07) is 33.6. The molecule has 1 N–H and O–H groups in total. The van der Waals surface area contributed by atoms with Crippen molar-refractivity contribution in [2.24, 2.45) is 0 Å². The van der Waals surface area contributed by atoms with Crippen molar-refractivity contribution >= 4 is 29.1 Å². The van der Waals surface area contributed by atoms with E-state index in [1.54, 1.807) is 0 Å². The van der Waals surface area contributed by atoms with Crippen LogP contribution in [0, 0.1) is 0 Å². The van der Waals surface area contributed by atoms with Gasteiger partial charge in [-0.15, -0.1) is 0 Å². The van der Waals surface area contributed by atoms with Gasteiger partial charge in [0, 0.05) is 13.0 Å². The van der Waals surface area contributed by atoms with Crippen molar-refractivity contribution in [3.8, 4) is 0 Å². The van der Waals surface area contributed by atoms with Crippen LogP contribution in [-0.4, -0.2) is 18.6 Å². The summed E-state index contributed by atoms with van der Waals surface area (Å²) in [5, 5.41) is 7.52. The standard InChI is InChI=1S/C32H42NOP.BrH/c1-2-3-11-26-32(34)33-27-18-6-4-5-7-19-28-35(29-20-12-8-13-21-29,30-22-14-9-15-23-30)31-24-16-10-17-25-31;/h8-10,12-17,20-25H,2-7,11,18-19,26-28H2,1H3;1H. The van der Waals surface area contributed by atoms with Crippen LogP contribution in [0.4, 0.5) is 0 Å². The van der Waals surface area contributed by atoms with E-state index in [9.17, 15) is 4.79 Å². The van der Waals surface area contributed by atoms with Gasteiger partial charge in [-0.3, -0.25) is 4.79 Å². The van der Waals surface area contributed by atoms with Crippen molar-refractivity contribution in [3.63, 3.8) is 0 Å². The zero-order valence-electron chi connectivity index (χ0n) is 21.9. The summed E-state index contributed by atoms with van der Waals surface area (Å²) in [7, 11) is -1.69. The fourth-order valence-electron chi connectivity index (χ4n) is 4.91. The molecule has 1 amide bonds. The molecular weight excluding hydrogens is 525 g/mol. The molecule has 0 aromatic heterocycles. The van der Waals surface area contributed by atoms with Gasteiger partial charge in [-0.2, -0.15) is 0 Å². The van der Waals surface area contributed by atoms with Crippen molar-refractivity contribution in [2.45, 2.75) is 71.1 Å². The molecule has 36 heavy (non-hydrogen) atoms. The Morgan fingerprint density at radius 2 is 1.06 bits per heavy atom. The van der Waals surface area contributed by atoms with Crippen molar-refractivity contribution in [2.75, 3.05) is 12.7 Å². The second-order valence-electron chi connectivity index (χ2n) is 9.47. The monoisotopic (exact) mass is 567 g/mol. The Labute approximate surface area is 230 Å². The molecule has 4 heteroatoms. The van der Waals surface area contributed by atoms with Crippen LogP contribution in [0.5, 0.6) is 0 Å². The summed E-state index contributed by atoms with van der Waals surface area (Å²) in [6.45, 7) is 3.00. The molecular formula is C32H43BrNOP. The highest BCUT2D eigenvalue weighted by Crippen LogP contribution is 2.55. The summed E-state index contributed by atoms with van der Waals surface area (Å²) < 4.78 is 0. The van der Waals surface area contributed by atoms with Crippen molar-refractivity contribution < 1.29 is 21.8 Å². The first-order chi connectivity index (χ1) is 17.3. The highest BCUT2D eigenvalue weighted by molar-refractivity contribution is 7.95. The van der Waals surface area contributed by atoms with Crippen LogP contribution >= 0.6 is 7.26 Å². The van der Waals surface area contributed by atoms with E-state index in [-0.39, 0.29) is 22.9 Å². The first-order valence-electron chi connectivity index (χ1n) is 13.6. The number of rotatable bonds is 16. The maximum atomic E-state index is 11.8. The minimum Gasteiger partial charge on any atom is -1.00 e. The quantitative estimate of drug-likeness (QED) is 0.205. The minimum absolute atomic E-state index is 0. The van der Waals surface area contributed by atoms with E-state index >= 15 is 0 Å². The predicted molar refractivity (Wildman–Crippen MR) is 155 cm³/mol. The number of carbonyl (C=O) groups is 1. The molecule has 2 nitrogen and oxygen atoms in total. The van der Waals surface area contributed by atoms with Crippen molar-refractivity contribution in [1.82, 2.24) is 5.32 Å². The van der Waals surface area contributed by atoms with Crippen LogP contribution in [0.15, 0.2) is 91.0 Å². The molecule has 3 aromatic carbocycles. The summed E-state index contributed by atoms with van der Waals surface area (Å²) in [5.41, 5.74) is 0. The summed E-state index contributed by atoms with van der Waals surface area (Å²) in [5.74, 6) is 0.224. The van der Waals surface area contributed by atoms with Gasteiger partial charge in [0.2, 0.25) is 5.91 Å². The molecule has 0 saturated carbocycles. The normalized spacial score (nSPS) is 11.0. The lowest BCUT2D eigenvalue weighted by atomic mass is 10.1. The molecule has 0 unspecified atom stereocenters. The van der Waals surface area contributed by atoms with Crippen LogP contribution in [0.1, 0.15) is 71.1 Å². The Morgan fingerprint density at radius 3 is 1.53 bits per heavy atom. The SMILES string of the molecule is CCCCCC(=O)NCCCCCCCC[P+](c1ccccc1)(c1ccccc1)c1ccccc1.[Br-]. The molecule has 0 aliphatic heterocycles. The van der Waals surface area contributed by atoms with Crippen LogP contribution in [-0.2, 0) is 4.79 Å². The molecule has 0 bridgehead atoms. The minimum atomic E-state index is -1.69. The van der Waals surface area contributed by atoms with Gasteiger partial charge in [0.15, 0.2) is 0 Å². The molecule has 0 radical (unpaired) electrons. The summed E-state index contributed by atoms with van der Waals surface area (Å²) in [4.78, 5) is 11.8. The van der Waals surface area contributed by atoms with Crippen LogP contribution in [0.25, 0.3) is 0 Å². The fourth-order valence-corrected chi connectivity index (χ4v) is 9.33. The van der Waals surface area contributed by atoms with E-state index in [2.05, 4.69) is 103 Å². The predicted octanol–water partition coefficient (Wildman–Crippen LogP) is 4.02. The molecule has 3 aromatic rings. The Morgan fingerprint density at radius 1 is 0.611 bits per heavy atom. The molecule has 0 heterocycles. The Bertz CT molecular complexity index is 869. The number of nitrogens with one attached hydrogen (secondary N) is 1. The van der Waals surface area contributed by atoms with Crippen molar-refractivity contribution in [3.05, 3.63) is 91.0 Å². The van der Waals surface area contributed by atoms with E-state index in [0.29, 0.717) is 6.42 Å². The molecule has 0 atom stereocenters. The number of hydrogen-bond donors (Lipinski definition) is 1. The van der Waals surface area contributed by atoms with Gasteiger partial charge in [0.25, 0.3) is 0 Å². The lowest BCUT2D eigenvalue weighted by Gasteiger charge is -2.27. The van der Waals surface area contributed by atoms with Gasteiger partial charge >= 0.3 is 0 Å². The van der Waals surface area contributed by atoms with Gasteiger partial charge < -0.3 is 22.3 Å². The van der Waals surface area contributed by atoms with Gasteiger partial charge in [-0.05, 0) is 62.1 Å². The van der Waals surface area contributed by atoms with E-state index < -0.39 is 7.26 Å². The van der Waals surface area contributed by atoms with Crippen LogP contribution in [0.2, 0.25) is 0 Å². The van der Waals surface area contributed by atoms with Gasteiger partial charge in [0.1, 0.15) is 23.2 Å². The first-order valence-corrected chi connectivity index (χ1v) is 15.6. The van der Waals surface area contributed by atoms with Crippen LogP contribution < -0.4 is 38.2 Å². The largest absolute Gasteiger partial charge is 1.00 e. The highest BCUT2D eigenvalue weighted by atomic mass is 79.9. The molecule has 0 aliphatic rings. The number of carbonyl (C=O) groups excluding carboxylic acids is 1. The maximum Gasteiger partial charge on any atom is 0.219 e. The van der Waals surface area contributed by atoms with Gasteiger partial charge in [0.05, 0.1) is 6.16 Å². The highest BCUT2D eigenvalue weighted by Gasteiger charge is 2.44. The number of halogens is 1. The fraction of sp³-hybridized carbons (Fsp3) is 0.406. The molecule has 0 saturated heterocycles. The van der Waals surface area contributed by atoms with Crippen molar-refractivity contribution in [1.29, 1.82) is 0 Å². The van der Waals surface area contributed by atoms with E-state index in [1.165, 1.54) is 60.6 Å². The average molecular weight is 569 g/mol. The van der Waals surface area contributed by atoms with E-state index in [4.69, 9.17) is 0 Å². The van der Waals surface area contributed by atoms with Gasteiger partial charge in [-0.1, -0.05) is 93.6 Å². The topological polar surface area (TPSA) is 29.1 Å². The second kappa shape index (κ2) is 17.5. The first kappa shape index (κ1) is 30.3. The van der Waals surface area contributed by atoms with Crippen LogP contribution in [0.3, 0.4) is 0 Å². The third-order valence-electron chi connectivity index (χ3n) is 6.84. The smallest absolute Gasteiger partial charge is 0.219 e. The Balaban J connectivity index is 0.00000456. The lowest BCUT2D eigenvalue weighted by Crippen LogP contribution is -3.00. The molecule has 0 fully saturated rings. The average Bonchev–Trinajstić information content (AvgIpc) is 2.92. The zero-order chi connectivity index (χ0) is 24.6. The third kappa shape index (κ3) is 9.16.